The Morgan fingerprint density at radius 2 is 2.11 bits per heavy atom. The minimum absolute atomic E-state index is 0.0767. The van der Waals surface area contributed by atoms with Crippen molar-refractivity contribution in [3.05, 3.63) is 35.4 Å². The molecule has 2 rings (SSSR count). The maximum Gasteiger partial charge on any atom is 0.335 e. The van der Waals surface area contributed by atoms with Crippen LogP contribution in [0, 0.1) is 0 Å². The van der Waals surface area contributed by atoms with Crippen molar-refractivity contribution >= 4 is 16.2 Å². The minimum atomic E-state index is -3.43. The molecule has 0 spiro atoms. The van der Waals surface area contributed by atoms with Gasteiger partial charge in [0.15, 0.2) is 0 Å². The van der Waals surface area contributed by atoms with Crippen LogP contribution in [0.3, 0.4) is 0 Å². The molecule has 1 aromatic carbocycles. The molecule has 0 bridgehead atoms. The normalized spacial score (nSPS) is 15.4. The Hall–Kier alpha value is -1.44. The molecule has 1 fully saturated rings. The monoisotopic (exact) mass is 284 g/mol. The van der Waals surface area contributed by atoms with E-state index in [1.165, 1.54) is 6.07 Å². The zero-order chi connectivity index (χ0) is 13.9. The summed E-state index contributed by atoms with van der Waals surface area (Å²) in [5.41, 5.74) is 0.991. The molecular weight excluding hydrogens is 268 g/mol. The van der Waals surface area contributed by atoms with Crippen molar-refractivity contribution in [3.8, 4) is 0 Å². The third-order valence-electron chi connectivity index (χ3n) is 2.78. The Kier molecular flexibility index (Phi) is 4.18. The summed E-state index contributed by atoms with van der Waals surface area (Å²) in [6, 6.07) is 6.55. The Bertz CT molecular complexity index is 567. The molecule has 6 nitrogen and oxygen atoms in total. The lowest BCUT2D eigenvalue weighted by Gasteiger charge is -2.07. The molecule has 7 heteroatoms. The fourth-order valence-electron chi connectivity index (χ4n) is 1.65. The van der Waals surface area contributed by atoms with E-state index in [0.29, 0.717) is 6.42 Å². The Labute approximate surface area is 112 Å². The third kappa shape index (κ3) is 4.62. The van der Waals surface area contributed by atoms with Crippen molar-refractivity contribution in [1.82, 2.24) is 9.44 Å². The fourth-order valence-corrected chi connectivity index (χ4v) is 2.78. The van der Waals surface area contributed by atoms with Crippen molar-refractivity contribution in [2.45, 2.75) is 25.3 Å². The molecule has 0 unspecified atom stereocenters. The predicted molar refractivity (Wildman–Crippen MR) is 70.2 cm³/mol. The quantitative estimate of drug-likeness (QED) is 0.680. The minimum Gasteiger partial charge on any atom is -0.478 e. The fraction of sp³-hybridized carbons (Fsp3) is 0.417. The zero-order valence-electron chi connectivity index (χ0n) is 10.3. The van der Waals surface area contributed by atoms with Crippen molar-refractivity contribution in [2.24, 2.45) is 0 Å². The van der Waals surface area contributed by atoms with Crippen LogP contribution in [0.25, 0.3) is 0 Å². The predicted octanol–water partition coefficient (Wildman–Crippen LogP) is 0.514. The van der Waals surface area contributed by atoms with Crippen LogP contribution in [0.1, 0.15) is 28.8 Å². The lowest BCUT2D eigenvalue weighted by molar-refractivity contribution is 0.0696. The average Bonchev–Trinajstić information content (AvgIpc) is 3.12. The summed E-state index contributed by atoms with van der Waals surface area (Å²) in [6.07, 6.45) is 2.23. The molecular formula is C12H16N2O4S. The first kappa shape index (κ1) is 14.0. The Morgan fingerprint density at radius 1 is 1.37 bits per heavy atom. The van der Waals surface area contributed by atoms with Crippen molar-refractivity contribution in [3.63, 3.8) is 0 Å². The SMILES string of the molecule is O=C(O)c1cccc(CCNS(=O)(=O)NC2CC2)c1. The Morgan fingerprint density at radius 3 is 2.74 bits per heavy atom. The lowest BCUT2D eigenvalue weighted by Crippen LogP contribution is -2.38. The van der Waals surface area contributed by atoms with Gasteiger partial charge in [0.2, 0.25) is 0 Å². The molecule has 104 valence electrons. The van der Waals surface area contributed by atoms with Crippen molar-refractivity contribution in [2.75, 3.05) is 6.54 Å². The van der Waals surface area contributed by atoms with Crippen molar-refractivity contribution < 1.29 is 18.3 Å². The smallest absolute Gasteiger partial charge is 0.335 e. The van der Waals surface area contributed by atoms with E-state index < -0.39 is 16.2 Å². The van der Waals surface area contributed by atoms with E-state index in [1.807, 2.05) is 0 Å². The molecule has 19 heavy (non-hydrogen) atoms. The molecule has 0 saturated heterocycles. The molecule has 0 atom stereocenters. The summed E-state index contributed by atoms with van der Waals surface area (Å²) in [7, 11) is -3.43. The number of rotatable bonds is 7. The lowest BCUT2D eigenvalue weighted by atomic mass is 10.1. The molecule has 0 amide bonds. The van der Waals surface area contributed by atoms with Gasteiger partial charge in [0.25, 0.3) is 10.2 Å². The van der Waals surface area contributed by atoms with Crippen LogP contribution in [0.5, 0.6) is 0 Å². The third-order valence-corrected chi connectivity index (χ3v) is 4.01. The number of hydrogen-bond acceptors (Lipinski definition) is 3. The van der Waals surface area contributed by atoms with Gasteiger partial charge in [-0.3, -0.25) is 0 Å². The molecule has 0 radical (unpaired) electrons. The van der Waals surface area contributed by atoms with Gasteiger partial charge in [0.05, 0.1) is 5.56 Å². The molecule has 1 aromatic rings. The van der Waals surface area contributed by atoms with Gasteiger partial charge in [-0.15, -0.1) is 0 Å². The van der Waals surface area contributed by atoms with Gasteiger partial charge in [-0.1, -0.05) is 12.1 Å². The van der Waals surface area contributed by atoms with Gasteiger partial charge in [-0.2, -0.15) is 13.1 Å². The molecule has 3 N–H and O–H groups in total. The maximum atomic E-state index is 11.5. The largest absolute Gasteiger partial charge is 0.478 e. The highest BCUT2D eigenvalue weighted by molar-refractivity contribution is 7.87. The average molecular weight is 284 g/mol. The van der Waals surface area contributed by atoms with Gasteiger partial charge in [-0.05, 0) is 37.0 Å². The number of carboxylic acids is 1. The molecule has 1 saturated carbocycles. The summed E-state index contributed by atoms with van der Waals surface area (Å²) in [6.45, 7) is 0.241. The van der Waals surface area contributed by atoms with E-state index in [0.717, 1.165) is 18.4 Å². The topological polar surface area (TPSA) is 95.5 Å². The van der Waals surface area contributed by atoms with Crippen LogP contribution >= 0.6 is 0 Å². The first-order valence-corrected chi connectivity index (χ1v) is 7.54. The van der Waals surface area contributed by atoms with Crippen LogP contribution in [0.4, 0.5) is 0 Å². The highest BCUT2D eigenvalue weighted by atomic mass is 32.2. The van der Waals surface area contributed by atoms with Gasteiger partial charge < -0.3 is 5.11 Å². The highest BCUT2D eigenvalue weighted by Crippen LogP contribution is 2.19. The first-order chi connectivity index (χ1) is 8.96. The number of benzene rings is 1. The van der Waals surface area contributed by atoms with Gasteiger partial charge in [-0.25, -0.2) is 9.52 Å². The summed E-state index contributed by atoms with van der Waals surface area (Å²) >= 11 is 0. The number of carboxylic acid groups (broad SMARTS) is 1. The van der Waals surface area contributed by atoms with Crippen LogP contribution in [-0.4, -0.2) is 32.1 Å². The summed E-state index contributed by atoms with van der Waals surface area (Å²) in [5, 5.41) is 8.85. The molecule has 1 aliphatic carbocycles. The van der Waals surface area contributed by atoms with E-state index in [4.69, 9.17) is 5.11 Å². The van der Waals surface area contributed by atoms with E-state index in [1.54, 1.807) is 18.2 Å². The molecule has 1 aliphatic rings. The number of aromatic carboxylic acids is 1. The van der Waals surface area contributed by atoms with Gasteiger partial charge in [0, 0.05) is 12.6 Å². The summed E-state index contributed by atoms with van der Waals surface area (Å²) < 4.78 is 28.0. The molecule has 0 aliphatic heterocycles. The van der Waals surface area contributed by atoms with Gasteiger partial charge >= 0.3 is 5.97 Å². The van der Waals surface area contributed by atoms with E-state index in [-0.39, 0.29) is 18.2 Å². The number of hydrogen-bond donors (Lipinski definition) is 3. The van der Waals surface area contributed by atoms with Crippen LogP contribution in [-0.2, 0) is 16.6 Å². The summed E-state index contributed by atoms with van der Waals surface area (Å²) in [5.74, 6) is -0.988. The first-order valence-electron chi connectivity index (χ1n) is 6.05. The maximum absolute atomic E-state index is 11.5. The number of nitrogens with one attached hydrogen (secondary N) is 2. The standard InChI is InChI=1S/C12H16N2O4S/c15-12(16)10-3-1-2-9(8-10)6-7-13-19(17,18)14-11-4-5-11/h1-3,8,11,13-14H,4-7H2,(H,15,16). The second kappa shape index (κ2) is 5.68. The van der Waals surface area contributed by atoms with Gasteiger partial charge in [0.1, 0.15) is 0 Å². The summed E-state index contributed by atoms with van der Waals surface area (Å²) in [4.78, 5) is 10.8. The van der Waals surface area contributed by atoms with Crippen LogP contribution < -0.4 is 9.44 Å². The number of carbonyl (C=O) groups is 1. The molecule has 0 aromatic heterocycles. The van der Waals surface area contributed by atoms with Crippen LogP contribution in [0.2, 0.25) is 0 Å². The highest BCUT2D eigenvalue weighted by Gasteiger charge is 2.26. The van der Waals surface area contributed by atoms with E-state index in [2.05, 4.69) is 9.44 Å². The second-order valence-electron chi connectivity index (χ2n) is 4.55. The van der Waals surface area contributed by atoms with Crippen LogP contribution in [0.15, 0.2) is 24.3 Å². The van der Waals surface area contributed by atoms with Crippen molar-refractivity contribution in [1.29, 1.82) is 0 Å². The van der Waals surface area contributed by atoms with E-state index in [9.17, 15) is 13.2 Å². The van der Waals surface area contributed by atoms with E-state index >= 15 is 0 Å². The Balaban J connectivity index is 1.84. The second-order valence-corrected chi connectivity index (χ2v) is 6.08. The molecule has 0 heterocycles. The zero-order valence-corrected chi connectivity index (χ0v) is 11.1.